The Morgan fingerprint density at radius 3 is 2.61 bits per heavy atom. The molecule has 1 aliphatic rings. The third-order valence-corrected chi connectivity index (χ3v) is 4.23. The topological polar surface area (TPSA) is 55.0 Å². The average molecular weight is 308 g/mol. The predicted molar refractivity (Wildman–Crippen MR) is 89.7 cm³/mol. The van der Waals surface area contributed by atoms with Crippen LogP contribution < -0.4 is 10.6 Å². The van der Waals surface area contributed by atoms with E-state index in [1.807, 2.05) is 30.3 Å². The largest absolute Gasteiger partial charge is 0.339 e. The third-order valence-electron chi connectivity index (χ3n) is 4.23. The van der Waals surface area contributed by atoms with Gasteiger partial charge in [-0.25, -0.2) is 14.4 Å². The van der Waals surface area contributed by atoms with E-state index in [1.165, 1.54) is 6.07 Å². The van der Waals surface area contributed by atoms with Gasteiger partial charge in [0.15, 0.2) is 0 Å². The minimum Gasteiger partial charge on any atom is -0.339 e. The number of nitrogens with two attached hydrogens (primary N) is 1. The molecule has 0 aliphatic carbocycles. The van der Waals surface area contributed by atoms with E-state index in [0.717, 1.165) is 30.4 Å². The molecule has 1 atom stereocenters. The molecule has 2 aromatic carbocycles. The summed E-state index contributed by atoms with van der Waals surface area (Å²) in [5, 5.41) is 0.852. The van der Waals surface area contributed by atoms with Crippen molar-refractivity contribution in [1.82, 2.24) is 9.97 Å². The van der Waals surface area contributed by atoms with E-state index in [0.29, 0.717) is 17.2 Å². The van der Waals surface area contributed by atoms with Gasteiger partial charge in [0.2, 0.25) is 5.95 Å². The van der Waals surface area contributed by atoms with Crippen LogP contribution in [0.5, 0.6) is 0 Å². The van der Waals surface area contributed by atoms with Crippen LogP contribution in [-0.4, -0.2) is 29.1 Å². The first-order chi connectivity index (χ1) is 11.2. The lowest BCUT2D eigenvalue weighted by Gasteiger charge is -2.18. The highest BCUT2D eigenvalue weighted by Gasteiger charge is 2.23. The van der Waals surface area contributed by atoms with Gasteiger partial charge in [0.1, 0.15) is 5.82 Å². The maximum atomic E-state index is 14.3. The van der Waals surface area contributed by atoms with Gasteiger partial charge in [0.25, 0.3) is 0 Å². The number of aromatic nitrogens is 2. The first-order valence-electron chi connectivity index (χ1n) is 7.74. The molecule has 3 aromatic rings. The lowest BCUT2D eigenvalue weighted by Crippen LogP contribution is -2.27. The van der Waals surface area contributed by atoms with Crippen LogP contribution in [0, 0.1) is 5.82 Å². The van der Waals surface area contributed by atoms with Crippen LogP contribution >= 0.6 is 0 Å². The van der Waals surface area contributed by atoms with Crippen molar-refractivity contribution in [2.24, 2.45) is 5.73 Å². The van der Waals surface area contributed by atoms with Crippen LogP contribution in [0.15, 0.2) is 48.5 Å². The van der Waals surface area contributed by atoms with Crippen molar-refractivity contribution in [2.75, 3.05) is 18.0 Å². The molecule has 0 spiro atoms. The van der Waals surface area contributed by atoms with Crippen molar-refractivity contribution < 1.29 is 4.39 Å². The van der Waals surface area contributed by atoms with E-state index in [-0.39, 0.29) is 11.9 Å². The summed E-state index contributed by atoms with van der Waals surface area (Å²) < 4.78 is 14.3. The molecule has 1 fully saturated rings. The Morgan fingerprint density at radius 2 is 1.83 bits per heavy atom. The van der Waals surface area contributed by atoms with Crippen LogP contribution in [0.3, 0.4) is 0 Å². The second kappa shape index (κ2) is 5.59. The van der Waals surface area contributed by atoms with Gasteiger partial charge < -0.3 is 10.6 Å². The molecule has 4 nitrogen and oxygen atoms in total. The van der Waals surface area contributed by atoms with E-state index >= 15 is 0 Å². The smallest absolute Gasteiger partial charge is 0.226 e. The monoisotopic (exact) mass is 308 g/mol. The number of halogens is 1. The fourth-order valence-corrected chi connectivity index (χ4v) is 3.03. The lowest BCUT2D eigenvalue weighted by atomic mass is 10.1. The predicted octanol–water partition coefficient (Wildman–Crippen LogP) is 2.97. The third kappa shape index (κ3) is 2.53. The number of hydrogen-bond acceptors (Lipinski definition) is 4. The van der Waals surface area contributed by atoms with Crippen LogP contribution in [0.1, 0.15) is 6.42 Å². The number of nitrogens with zero attached hydrogens (tertiary/aromatic N) is 3. The maximum Gasteiger partial charge on any atom is 0.226 e. The summed E-state index contributed by atoms with van der Waals surface area (Å²) in [5.41, 5.74) is 7.93. The van der Waals surface area contributed by atoms with Crippen LogP contribution in [-0.2, 0) is 0 Å². The zero-order valence-corrected chi connectivity index (χ0v) is 12.6. The summed E-state index contributed by atoms with van der Waals surface area (Å²) in [5.74, 6) is 0.343. The van der Waals surface area contributed by atoms with Gasteiger partial charge in [0, 0.05) is 30.1 Å². The number of para-hydroxylation sites is 1. The molecule has 1 aliphatic heterocycles. The molecular formula is C18H17FN4. The van der Waals surface area contributed by atoms with E-state index in [9.17, 15) is 4.39 Å². The summed E-state index contributed by atoms with van der Waals surface area (Å²) in [6.07, 6.45) is 0.922. The van der Waals surface area contributed by atoms with Crippen molar-refractivity contribution >= 4 is 16.9 Å². The van der Waals surface area contributed by atoms with Gasteiger partial charge in [-0.05, 0) is 24.6 Å². The molecule has 116 valence electrons. The maximum absolute atomic E-state index is 14.3. The van der Waals surface area contributed by atoms with Crippen molar-refractivity contribution in [3.63, 3.8) is 0 Å². The number of anilines is 1. The zero-order chi connectivity index (χ0) is 15.8. The Morgan fingerprint density at radius 1 is 1.04 bits per heavy atom. The van der Waals surface area contributed by atoms with E-state index in [1.54, 1.807) is 12.1 Å². The minimum atomic E-state index is -0.277. The fourth-order valence-electron chi connectivity index (χ4n) is 3.03. The summed E-state index contributed by atoms with van der Waals surface area (Å²) in [6, 6.07) is 14.6. The first-order valence-corrected chi connectivity index (χ1v) is 7.74. The quantitative estimate of drug-likeness (QED) is 0.791. The van der Waals surface area contributed by atoms with Crippen molar-refractivity contribution in [1.29, 1.82) is 0 Å². The number of fused-ring (bicyclic) bond motifs is 1. The zero-order valence-electron chi connectivity index (χ0n) is 12.6. The lowest BCUT2D eigenvalue weighted by molar-refractivity contribution is 0.631. The molecule has 0 saturated carbocycles. The molecule has 0 radical (unpaired) electrons. The van der Waals surface area contributed by atoms with Gasteiger partial charge in [-0.3, -0.25) is 0 Å². The fraction of sp³-hybridized carbons (Fsp3) is 0.222. The van der Waals surface area contributed by atoms with Crippen molar-refractivity contribution in [3.8, 4) is 11.3 Å². The summed E-state index contributed by atoms with van der Waals surface area (Å²) >= 11 is 0. The molecule has 23 heavy (non-hydrogen) atoms. The van der Waals surface area contributed by atoms with E-state index < -0.39 is 0 Å². The standard InChI is InChI=1S/C18H17FN4/c19-15-7-3-1-5-13(15)17-14-6-2-4-8-16(14)21-18(22-17)23-10-9-12(20)11-23/h1-8,12H,9-11,20H2/t12-/m0/s1. The normalized spacial score (nSPS) is 17.8. The van der Waals surface area contributed by atoms with E-state index in [2.05, 4.69) is 14.9 Å². The second-order valence-electron chi connectivity index (χ2n) is 5.86. The van der Waals surface area contributed by atoms with Gasteiger partial charge in [-0.2, -0.15) is 0 Å². The Hall–Kier alpha value is -2.53. The molecular weight excluding hydrogens is 291 g/mol. The minimum absolute atomic E-state index is 0.141. The highest BCUT2D eigenvalue weighted by atomic mass is 19.1. The number of hydrogen-bond donors (Lipinski definition) is 1. The molecule has 4 rings (SSSR count). The Bertz CT molecular complexity index is 865. The molecule has 2 N–H and O–H groups in total. The molecule has 1 saturated heterocycles. The summed E-state index contributed by atoms with van der Waals surface area (Å²) in [7, 11) is 0. The Balaban J connectivity index is 1.93. The summed E-state index contributed by atoms with van der Waals surface area (Å²) in [6.45, 7) is 1.56. The Kier molecular flexibility index (Phi) is 3.42. The number of rotatable bonds is 2. The highest BCUT2D eigenvalue weighted by Crippen LogP contribution is 2.30. The molecule has 0 amide bonds. The first kappa shape index (κ1) is 14.1. The molecule has 2 heterocycles. The van der Waals surface area contributed by atoms with Crippen LogP contribution in [0.4, 0.5) is 10.3 Å². The highest BCUT2D eigenvalue weighted by molar-refractivity contribution is 5.93. The average Bonchev–Trinajstić information content (AvgIpc) is 3.01. The molecule has 0 unspecified atom stereocenters. The summed E-state index contributed by atoms with van der Waals surface area (Å²) in [4.78, 5) is 11.4. The van der Waals surface area contributed by atoms with Gasteiger partial charge in [-0.1, -0.05) is 30.3 Å². The van der Waals surface area contributed by atoms with Crippen LogP contribution in [0.2, 0.25) is 0 Å². The molecule has 0 bridgehead atoms. The van der Waals surface area contributed by atoms with Gasteiger partial charge >= 0.3 is 0 Å². The van der Waals surface area contributed by atoms with Gasteiger partial charge in [0.05, 0.1) is 11.2 Å². The second-order valence-corrected chi connectivity index (χ2v) is 5.86. The van der Waals surface area contributed by atoms with Crippen molar-refractivity contribution in [2.45, 2.75) is 12.5 Å². The SMILES string of the molecule is N[C@H]1CCN(c2nc(-c3ccccc3F)c3ccccc3n2)C1. The van der Waals surface area contributed by atoms with Crippen molar-refractivity contribution in [3.05, 3.63) is 54.3 Å². The Labute approximate surface area is 133 Å². The van der Waals surface area contributed by atoms with Gasteiger partial charge in [-0.15, -0.1) is 0 Å². The molecule has 5 heteroatoms. The van der Waals surface area contributed by atoms with E-state index in [4.69, 9.17) is 5.73 Å². The number of benzene rings is 2. The van der Waals surface area contributed by atoms with Crippen LogP contribution in [0.25, 0.3) is 22.2 Å². The molecule has 1 aromatic heterocycles.